The highest BCUT2D eigenvalue weighted by molar-refractivity contribution is 5.88. The summed E-state index contributed by atoms with van der Waals surface area (Å²) in [5, 5.41) is 13.7. The zero-order chi connectivity index (χ0) is 14.9. The van der Waals surface area contributed by atoms with Gasteiger partial charge in [-0.25, -0.2) is 0 Å². The van der Waals surface area contributed by atoms with E-state index in [-0.39, 0.29) is 5.91 Å². The Labute approximate surface area is 126 Å². The molecule has 6 heteroatoms. The minimum absolute atomic E-state index is 0.200. The highest BCUT2D eigenvalue weighted by Gasteiger charge is 2.37. The van der Waals surface area contributed by atoms with E-state index in [0.29, 0.717) is 19.1 Å². The van der Waals surface area contributed by atoms with E-state index in [9.17, 15) is 9.90 Å². The molecule has 0 bridgehead atoms. The Morgan fingerprint density at radius 2 is 2.10 bits per heavy atom. The number of nitrogens with one attached hydrogen (secondary N) is 1. The zero-order valence-electron chi connectivity index (χ0n) is 12.8. The van der Waals surface area contributed by atoms with Gasteiger partial charge in [0.1, 0.15) is 0 Å². The van der Waals surface area contributed by atoms with Gasteiger partial charge < -0.3 is 20.2 Å². The van der Waals surface area contributed by atoms with E-state index in [1.54, 1.807) is 7.05 Å². The van der Waals surface area contributed by atoms with E-state index < -0.39 is 5.60 Å². The summed E-state index contributed by atoms with van der Waals surface area (Å²) in [4.78, 5) is 20.5. The molecule has 0 radical (unpaired) electrons. The molecule has 3 aliphatic rings. The average molecular weight is 294 g/mol. The van der Waals surface area contributed by atoms with Crippen molar-refractivity contribution in [1.29, 1.82) is 0 Å². The number of hydrogen-bond acceptors (Lipinski definition) is 3. The van der Waals surface area contributed by atoms with Crippen molar-refractivity contribution in [3.8, 4) is 0 Å². The second-order valence-electron chi connectivity index (χ2n) is 6.57. The Kier molecular flexibility index (Phi) is 4.06. The molecular formula is C15H26N4O2. The third-order valence-electron chi connectivity index (χ3n) is 4.87. The lowest BCUT2D eigenvalue weighted by molar-refractivity contribution is -0.135. The first-order chi connectivity index (χ1) is 10.1. The lowest BCUT2D eigenvalue weighted by Gasteiger charge is -2.37. The molecule has 118 valence electrons. The smallest absolute Gasteiger partial charge is 0.242 e. The first kappa shape index (κ1) is 14.6. The summed E-state index contributed by atoms with van der Waals surface area (Å²) in [6, 6.07) is 0.494. The van der Waals surface area contributed by atoms with E-state index in [1.165, 1.54) is 0 Å². The van der Waals surface area contributed by atoms with Gasteiger partial charge in [0.2, 0.25) is 5.91 Å². The topological polar surface area (TPSA) is 68.2 Å². The van der Waals surface area contributed by atoms with Gasteiger partial charge in [-0.15, -0.1) is 0 Å². The molecule has 1 amide bonds. The first-order valence-corrected chi connectivity index (χ1v) is 8.09. The summed E-state index contributed by atoms with van der Waals surface area (Å²) in [5.41, 5.74) is -0.601. The lowest BCUT2D eigenvalue weighted by Crippen LogP contribution is -2.57. The highest BCUT2D eigenvalue weighted by atomic mass is 16.3. The molecule has 0 spiro atoms. The van der Waals surface area contributed by atoms with E-state index >= 15 is 0 Å². The van der Waals surface area contributed by atoms with Crippen LogP contribution < -0.4 is 5.32 Å². The molecule has 3 fully saturated rings. The normalized spacial score (nSPS) is 26.4. The van der Waals surface area contributed by atoms with Crippen molar-refractivity contribution < 1.29 is 9.90 Å². The molecule has 1 saturated heterocycles. The molecule has 2 aliphatic carbocycles. The van der Waals surface area contributed by atoms with Gasteiger partial charge >= 0.3 is 0 Å². The van der Waals surface area contributed by atoms with Crippen molar-refractivity contribution in [2.45, 2.75) is 50.2 Å². The maximum absolute atomic E-state index is 12.2. The Morgan fingerprint density at radius 3 is 2.67 bits per heavy atom. The zero-order valence-corrected chi connectivity index (χ0v) is 12.8. The van der Waals surface area contributed by atoms with Crippen LogP contribution >= 0.6 is 0 Å². The fourth-order valence-corrected chi connectivity index (χ4v) is 3.43. The SMILES string of the molecule is CN=C(NCC1(O)CCCC1)N1CCN(C2CC2)C(=O)C1. The van der Waals surface area contributed by atoms with Crippen LogP contribution in [0.15, 0.2) is 4.99 Å². The van der Waals surface area contributed by atoms with Crippen molar-refractivity contribution >= 4 is 11.9 Å². The number of piperazine rings is 1. The van der Waals surface area contributed by atoms with Gasteiger partial charge in [-0.05, 0) is 25.7 Å². The van der Waals surface area contributed by atoms with E-state index in [4.69, 9.17) is 0 Å². The van der Waals surface area contributed by atoms with Crippen LogP contribution in [0.2, 0.25) is 0 Å². The third-order valence-corrected chi connectivity index (χ3v) is 4.87. The summed E-state index contributed by atoms with van der Waals surface area (Å²) in [6.07, 6.45) is 6.21. The van der Waals surface area contributed by atoms with Crippen LogP contribution in [0.25, 0.3) is 0 Å². The van der Waals surface area contributed by atoms with Crippen LogP contribution in [0.3, 0.4) is 0 Å². The fourth-order valence-electron chi connectivity index (χ4n) is 3.43. The van der Waals surface area contributed by atoms with Gasteiger partial charge in [0, 0.05) is 32.7 Å². The Hall–Kier alpha value is -1.30. The number of aliphatic hydroxyl groups is 1. The number of carbonyl (C=O) groups is 1. The molecule has 3 rings (SSSR count). The molecule has 0 atom stereocenters. The monoisotopic (exact) mass is 294 g/mol. The molecule has 0 aromatic carbocycles. The van der Waals surface area contributed by atoms with E-state index in [2.05, 4.69) is 10.3 Å². The minimum atomic E-state index is -0.601. The molecule has 2 saturated carbocycles. The Balaban J connectivity index is 1.53. The molecule has 2 N–H and O–H groups in total. The van der Waals surface area contributed by atoms with Crippen molar-refractivity contribution in [3.63, 3.8) is 0 Å². The van der Waals surface area contributed by atoms with Gasteiger partial charge in [-0.3, -0.25) is 9.79 Å². The fraction of sp³-hybridized carbons (Fsp3) is 0.867. The van der Waals surface area contributed by atoms with Gasteiger partial charge in [-0.2, -0.15) is 0 Å². The van der Waals surface area contributed by atoms with E-state index in [1.807, 2.05) is 9.80 Å². The van der Waals surface area contributed by atoms with Crippen molar-refractivity contribution in [1.82, 2.24) is 15.1 Å². The molecule has 0 aromatic heterocycles. The Morgan fingerprint density at radius 1 is 1.38 bits per heavy atom. The molecule has 0 aromatic rings. The van der Waals surface area contributed by atoms with E-state index in [0.717, 1.165) is 57.6 Å². The molecular weight excluding hydrogens is 268 g/mol. The number of carbonyl (C=O) groups excluding carboxylic acids is 1. The summed E-state index contributed by atoms with van der Waals surface area (Å²) in [7, 11) is 1.73. The number of rotatable bonds is 3. The second kappa shape index (κ2) is 5.83. The maximum Gasteiger partial charge on any atom is 0.242 e. The largest absolute Gasteiger partial charge is 0.388 e. The van der Waals surface area contributed by atoms with Crippen LogP contribution in [-0.2, 0) is 4.79 Å². The predicted octanol–water partition coefficient (Wildman–Crippen LogP) is 0.173. The summed E-state index contributed by atoms with van der Waals surface area (Å²) >= 11 is 0. The quantitative estimate of drug-likeness (QED) is 0.575. The maximum atomic E-state index is 12.2. The van der Waals surface area contributed by atoms with Crippen LogP contribution in [0.5, 0.6) is 0 Å². The number of nitrogens with zero attached hydrogens (tertiary/aromatic N) is 3. The van der Waals surface area contributed by atoms with Crippen molar-refractivity contribution in [2.75, 3.05) is 33.2 Å². The van der Waals surface area contributed by atoms with Crippen molar-refractivity contribution in [3.05, 3.63) is 0 Å². The Bertz CT molecular complexity index is 427. The molecule has 0 unspecified atom stereocenters. The molecule has 6 nitrogen and oxygen atoms in total. The standard InChI is InChI=1S/C15H26N4O2/c1-16-14(17-11-15(21)6-2-3-7-15)18-8-9-19(12-4-5-12)13(20)10-18/h12,21H,2-11H2,1H3,(H,16,17). The molecule has 1 aliphatic heterocycles. The van der Waals surface area contributed by atoms with Crippen LogP contribution in [0, 0.1) is 0 Å². The predicted molar refractivity (Wildman–Crippen MR) is 81.1 cm³/mol. The third kappa shape index (κ3) is 3.31. The first-order valence-electron chi connectivity index (χ1n) is 8.09. The highest BCUT2D eigenvalue weighted by Crippen LogP contribution is 2.29. The summed E-state index contributed by atoms with van der Waals surface area (Å²) in [6.45, 7) is 2.53. The molecule has 1 heterocycles. The van der Waals surface area contributed by atoms with Crippen LogP contribution in [-0.4, -0.2) is 71.6 Å². The number of aliphatic imine (C=N–C) groups is 1. The van der Waals surface area contributed by atoms with Gasteiger partial charge in [0.05, 0.1) is 12.1 Å². The number of guanidine groups is 1. The second-order valence-corrected chi connectivity index (χ2v) is 6.57. The van der Waals surface area contributed by atoms with Crippen LogP contribution in [0.4, 0.5) is 0 Å². The molecule has 21 heavy (non-hydrogen) atoms. The summed E-state index contributed by atoms with van der Waals surface area (Å²) < 4.78 is 0. The number of hydrogen-bond donors (Lipinski definition) is 2. The minimum Gasteiger partial charge on any atom is -0.388 e. The average Bonchev–Trinajstić information content (AvgIpc) is 3.22. The van der Waals surface area contributed by atoms with Crippen molar-refractivity contribution in [2.24, 2.45) is 4.99 Å². The van der Waals surface area contributed by atoms with Crippen LogP contribution in [0.1, 0.15) is 38.5 Å². The number of amides is 1. The lowest BCUT2D eigenvalue weighted by atomic mass is 10.0. The summed E-state index contributed by atoms with van der Waals surface area (Å²) in [5.74, 6) is 0.936. The van der Waals surface area contributed by atoms with Gasteiger partial charge in [0.25, 0.3) is 0 Å². The van der Waals surface area contributed by atoms with Gasteiger partial charge in [0.15, 0.2) is 5.96 Å². The van der Waals surface area contributed by atoms with Gasteiger partial charge in [-0.1, -0.05) is 12.8 Å².